The van der Waals surface area contributed by atoms with Crippen molar-refractivity contribution in [1.29, 1.82) is 0 Å². The quantitative estimate of drug-likeness (QED) is 0.502. The number of hydrogen-bond donors (Lipinski definition) is 3. The van der Waals surface area contributed by atoms with Gasteiger partial charge in [0.15, 0.2) is 17.4 Å². The third kappa shape index (κ3) is 2.88. The number of nitrogens with two attached hydrogens (primary N) is 1. The molecule has 11 heteroatoms. The minimum Gasteiger partial charge on any atom is -0.449 e. The van der Waals surface area contributed by atoms with Crippen LogP contribution in [0.4, 0.5) is 25.0 Å². The van der Waals surface area contributed by atoms with Gasteiger partial charge in [-0.25, -0.2) is 13.6 Å². The number of nitrogens with one attached hydrogen (secondary N) is 1. The average molecular weight is 422 g/mol. The second-order valence-electron chi connectivity index (χ2n) is 7.82. The van der Waals surface area contributed by atoms with Crippen LogP contribution < -0.4 is 26.1 Å². The Morgan fingerprint density at radius 2 is 2.07 bits per heavy atom. The normalized spacial score (nSPS) is 23.6. The van der Waals surface area contributed by atoms with Gasteiger partial charge < -0.3 is 35.1 Å². The van der Waals surface area contributed by atoms with Gasteiger partial charge in [0, 0.05) is 25.7 Å². The summed E-state index contributed by atoms with van der Waals surface area (Å²) < 4.78 is 42.7. The monoisotopic (exact) mass is 422 g/mol. The molecule has 4 N–H and O–H groups in total. The Morgan fingerprint density at radius 1 is 1.30 bits per heavy atom. The predicted molar refractivity (Wildman–Crippen MR) is 103 cm³/mol. The molecule has 2 saturated heterocycles. The summed E-state index contributed by atoms with van der Waals surface area (Å²) in [6, 6.07) is -0.214. The number of anilines is 2. The number of carbonyl (C=O) groups is 1. The number of morpholine rings is 1. The highest BCUT2D eigenvalue weighted by Gasteiger charge is 2.39. The van der Waals surface area contributed by atoms with Crippen LogP contribution >= 0.6 is 0 Å². The number of nitrogens with zero attached hydrogens (tertiary/aromatic N) is 2. The van der Waals surface area contributed by atoms with Crippen LogP contribution in [0, 0.1) is 11.6 Å². The van der Waals surface area contributed by atoms with E-state index in [2.05, 4.69) is 10.1 Å². The highest BCUT2D eigenvalue weighted by molar-refractivity contribution is 5.96. The number of carboxylic acid groups (broad SMARTS) is 1. The lowest BCUT2D eigenvalue weighted by Crippen LogP contribution is -2.47. The Balaban J connectivity index is 1.72. The molecule has 160 valence electrons. The summed E-state index contributed by atoms with van der Waals surface area (Å²) in [6.07, 6.45) is 0.683. The predicted octanol–water partition coefficient (Wildman–Crippen LogP) is 1.43. The number of benzene rings is 1. The van der Waals surface area contributed by atoms with Crippen molar-refractivity contribution < 1.29 is 28.2 Å². The van der Waals surface area contributed by atoms with Crippen LogP contribution in [0.5, 0.6) is 5.75 Å². The molecule has 5 rings (SSSR count). The molecule has 0 unspecified atom stereocenters. The fourth-order valence-electron chi connectivity index (χ4n) is 4.39. The van der Waals surface area contributed by atoms with E-state index in [1.54, 1.807) is 0 Å². The number of aromatic nitrogens is 1. The fraction of sp³-hybridized carbons (Fsp3) is 0.474. The zero-order chi connectivity index (χ0) is 21.2. The van der Waals surface area contributed by atoms with Gasteiger partial charge >= 0.3 is 6.16 Å². The molecule has 3 fully saturated rings. The summed E-state index contributed by atoms with van der Waals surface area (Å²) in [4.78, 5) is 25.3. The van der Waals surface area contributed by atoms with Gasteiger partial charge in [-0.2, -0.15) is 0 Å². The van der Waals surface area contributed by atoms with Gasteiger partial charge in [0.25, 0.3) is 0 Å². The third-order valence-electron chi connectivity index (χ3n) is 5.89. The molecule has 30 heavy (non-hydrogen) atoms. The van der Waals surface area contributed by atoms with Crippen molar-refractivity contribution in [3.05, 3.63) is 28.1 Å². The van der Waals surface area contributed by atoms with Crippen molar-refractivity contribution in [2.24, 2.45) is 0 Å². The van der Waals surface area contributed by atoms with E-state index in [0.29, 0.717) is 32.5 Å². The van der Waals surface area contributed by atoms with Crippen LogP contribution in [0.2, 0.25) is 0 Å². The third-order valence-corrected chi connectivity index (χ3v) is 5.89. The van der Waals surface area contributed by atoms with Crippen LogP contribution in [-0.2, 0) is 4.74 Å². The summed E-state index contributed by atoms with van der Waals surface area (Å²) in [5.74, 6) is -2.49. The second-order valence-corrected chi connectivity index (χ2v) is 7.82. The zero-order valence-corrected chi connectivity index (χ0v) is 15.9. The van der Waals surface area contributed by atoms with Gasteiger partial charge in [-0.15, -0.1) is 0 Å². The molecular formula is C19H20F2N4O5. The first kappa shape index (κ1) is 19.1. The molecule has 3 heterocycles. The fourth-order valence-corrected chi connectivity index (χ4v) is 4.39. The number of rotatable bonds is 3. The van der Waals surface area contributed by atoms with E-state index in [0.717, 1.165) is 6.20 Å². The van der Waals surface area contributed by atoms with E-state index >= 15 is 8.78 Å². The summed E-state index contributed by atoms with van der Waals surface area (Å²) in [5.41, 5.74) is 4.02. The standard InChI is InChI=1S/C19H20F2N4O5/c20-13-15(22)12-16(25(8-1-2-8)7-11(18(12)26)30-19(27)28)14(21)17(13)24-5-9-10(6-24)29-4-3-23-9/h7-10,23H,1-6,22H2,(H,27,28)/t9-,10+/m0/s1. The molecule has 3 aliphatic rings. The number of fused-ring (bicyclic) bond motifs is 2. The van der Waals surface area contributed by atoms with Gasteiger partial charge in [-0.1, -0.05) is 0 Å². The SMILES string of the molecule is Nc1c(F)c(N2C[C@@H]3NCCO[C@@H]3C2)c(F)c2c1c(=O)c(OC(=O)O)cn2C1CC1. The molecule has 2 aromatic rings. The largest absolute Gasteiger partial charge is 0.511 e. The maximum Gasteiger partial charge on any atom is 0.511 e. The van der Waals surface area contributed by atoms with Gasteiger partial charge in [0.1, 0.15) is 5.69 Å². The first-order valence-corrected chi connectivity index (χ1v) is 9.72. The Morgan fingerprint density at radius 3 is 2.73 bits per heavy atom. The summed E-state index contributed by atoms with van der Waals surface area (Å²) >= 11 is 0. The van der Waals surface area contributed by atoms with E-state index in [-0.39, 0.29) is 35.9 Å². The van der Waals surface area contributed by atoms with Crippen LogP contribution in [0.1, 0.15) is 18.9 Å². The Kier molecular flexibility index (Phi) is 4.33. The van der Waals surface area contributed by atoms with Gasteiger partial charge in [-0.05, 0) is 12.8 Å². The zero-order valence-electron chi connectivity index (χ0n) is 15.9. The highest BCUT2D eigenvalue weighted by Crippen LogP contribution is 2.43. The summed E-state index contributed by atoms with van der Waals surface area (Å²) in [6.45, 7) is 1.79. The lowest BCUT2D eigenvalue weighted by molar-refractivity contribution is 0.0212. The minimum atomic E-state index is -1.70. The van der Waals surface area contributed by atoms with E-state index in [9.17, 15) is 9.59 Å². The minimum absolute atomic E-state index is 0.0635. The Hall–Kier alpha value is -2.92. The molecule has 0 amide bonds. The smallest absolute Gasteiger partial charge is 0.449 e. The van der Waals surface area contributed by atoms with Gasteiger partial charge in [0.2, 0.25) is 5.43 Å². The molecule has 2 aliphatic heterocycles. The lowest BCUT2D eigenvalue weighted by Gasteiger charge is -2.25. The first-order valence-electron chi connectivity index (χ1n) is 9.72. The van der Waals surface area contributed by atoms with Crippen molar-refractivity contribution in [3.63, 3.8) is 0 Å². The van der Waals surface area contributed by atoms with Crippen LogP contribution in [0.3, 0.4) is 0 Å². The molecule has 0 spiro atoms. The Labute approximate surface area is 168 Å². The number of pyridine rings is 1. The van der Waals surface area contributed by atoms with Gasteiger partial charge in [-0.3, -0.25) is 4.79 Å². The maximum absolute atomic E-state index is 15.7. The number of nitrogen functional groups attached to an aromatic ring is 1. The van der Waals surface area contributed by atoms with Crippen molar-refractivity contribution in [2.45, 2.75) is 31.0 Å². The van der Waals surface area contributed by atoms with E-state index in [1.807, 2.05) is 0 Å². The van der Waals surface area contributed by atoms with Crippen molar-refractivity contribution in [3.8, 4) is 5.75 Å². The van der Waals surface area contributed by atoms with Crippen molar-refractivity contribution >= 4 is 28.4 Å². The summed E-state index contributed by atoms with van der Waals surface area (Å²) in [7, 11) is 0. The van der Waals surface area contributed by atoms with E-state index in [4.69, 9.17) is 15.6 Å². The first-order chi connectivity index (χ1) is 14.4. The molecular weight excluding hydrogens is 402 g/mol. The summed E-state index contributed by atoms with van der Waals surface area (Å²) in [5, 5.41) is 11.8. The van der Waals surface area contributed by atoms with Crippen LogP contribution in [-0.4, -0.2) is 54.2 Å². The number of hydrogen-bond acceptors (Lipinski definition) is 7. The highest BCUT2D eigenvalue weighted by atomic mass is 19.1. The van der Waals surface area contributed by atoms with Gasteiger partial charge in [0.05, 0.1) is 41.5 Å². The van der Waals surface area contributed by atoms with E-state index in [1.165, 1.54) is 9.47 Å². The molecule has 2 atom stereocenters. The number of ether oxygens (including phenoxy) is 2. The average Bonchev–Trinajstić information content (AvgIpc) is 3.46. The number of halogens is 2. The molecule has 0 bridgehead atoms. The maximum atomic E-state index is 15.7. The molecule has 1 aliphatic carbocycles. The molecule has 1 aromatic heterocycles. The molecule has 9 nitrogen and oxygen atoms in total. The molecule has 1 aromatic carbocycles. The van der Waals surface area contributed by atoms with Crippen molar-refractivity contribution in [2.75, 3.05) is 36.9 Å². The molecule has 0 radical (unpaired) electrons. The van der Waals surface area contributed by atoms with E-state index < -0.39 is 40.0 Å². The second kappa shape index (κ2) is 6.81. The molecule has 1 saturated carbocycles. The van der Waals surface area contributed by atoms with Crippen molar-refractivity contribution in [1.82, 2.24) is 9.88 Å². The van der Waals surface area contributed by atoms with Crippen LogP contribution in [0.25, 0.3) is 10.9 Å². The topological polar surface area (TPSA) is 119 Å². The van der Waals surface area contributed by atoms with Crippen LogP contribution in [0.15, 0.2) is 11.0 Å². The Bertz CT molecular complexity index is 1100. The lowest BCUT2D eigenvalue weighted by atomic mass is 10.1.